The molecular weight excluding hydrogens is 356 g/mol. The van der Waals surface area contributed by atoms with Gasteiger partial charge in [0.2, 0.25) is 26.0 Å². The number of sulfonamides is 2. The van der Waals surface area contributed by atoms with Crippen LogP contribution in [0, 0.1) is 0 Å². The van der Waals surface area contributed by atoms with Gasteiger partial charge in [0, 0.05) is 26.7 Å². The molecular formula is C14H20N2O6S2. The van der Waals surface area contributed by atoms with Crippen LogP contribution in [0.15, 0.2) is 29.2 Å². The van der Waals surface area contributed by atoms with Gasteiger partial charge >= 0.3 is 0 Å². The number of nitrogens with one attached hydrogen (secondary N) is 1. The third-order valence-electron chi connectivity index (χ3n) is 3.53. The van der Waals surface area contributed by atoms with Gasteiger partial charge in [-0.2, -0.15) is 0 Å². The summed E-state index contributed by atoms with van der Waals surface area (Å²) in [7, 11) is -5.75. The Balaban J connectivity index is 2.07. The number of anilines is 1. The molecule has 1 fully saturated rings. The molecule has 0 bridgehead atoms. The van der Waals surface area contributed by atoms with E-state index in [1.165, 1.54) is 24.3 Å². The molecule has 1 heterocycles. The third-order valence-corrected chi connectivity index (χ3v) is 6.70. The summed E-state index contributed by atoms with van der Waals surface area (Å²) in [4.78, 5) is 11.7. The van der Waals surface area contributed by atoms with Crippen molar-refractivity contribution in [1.82, 2.24) is 4.72 Å². The highest BCUT2D eigenvalue weighted by atomic mass is 32.2. The van der Waals surface area contributed by atoms with Crippen molar-refractivity contribution >= 4 is 31.6 Å². The fourth-order valence-corrected chi connectivity index (χ4v) is 4.82. The van der Waals surface area contributed by atoms with Gasteiger partial charge in [0.1, 0.15) is 0 Å². The quantitative estimate of drug-likeness (QED) is 0.660. The minimum absolute atomic E-state index is 0.0158. The average Bonchev–Trinajstić information content (AvgIpc) is 2.80. The molecule has 0 saturated carbocycles. The minimum atomic E-state index is -3.67. The number of nitrogens with zero attached hydrogens (tertiary/aromatic N) is 1. The van der Waals surface area contributed by atoms with Crippen molar-refractivity contribution in [1.29, 1.82) is 0 Å². The predicted molar refractivity (Wildman–Crippen MR) is 88.6 cm³/mol. The maximum absolute atomic E-state index is 12.1. The molecule has 8 nitrogen and oxygen atoms in total. The van der Waals surface area contributed by atoms with Crippen LogP contribution >= 0.6 is 0 Å². The number of methoxy groups -OCH3 is 1. The zero-order valence-corrected chi connectivity index (χ0v) is 14.9. The fraction of sp³-hybridized carbons (Fsp3) is 0.500. The molecule has 1 N–H and O–H groups in total. The van der Waals surface area contributed by atoms with Crippen LogP contribution in [0.2, 0.25) is 0 Å². The number of rotatable bonds is 8. The number of amides is 1. The Labute approximate surface area is 141 Å². The van der Waals surface area contributed by atoms with Crippen molar-refractivity contribution in [3.8, 4) is 0 Å². The summed E-state index contributed by atoms with van der Waals surface area (Å²) in [5.74, 6) is -0.739. The highest BCUT2D eigenvalue weighted by Gasteiger charge is 2.36. The first kappa shape index (κ1) is 18.8. The molecule has 1 aromatic rings. The molecule has 24 heavy (non-hydrogen) atoms. The van der Waals surface area contributed by atoms with Gasteiger partial charge in [-0.25, -0.2) is 25.9 Å². The van der Waals surface area contributed by atoms with Gasteiger partial charge in [0.15, 0.2) is 0 Å². The SMILES string of the molecule is COCCCCNS(=O)(=O)c1ccc(N2C(=O)CCS2(=O)=O)cc1. The van der Waals surface area contributed by atoms with Crippen LogP contribution in [0.25, 0.3) is 0 Å². The smallest absolute Gasteiger partial charge is 0.242 e. The first-order chi connectivity index (χ1) is 11.3. The number of unbranched alkanes of at least 4 members (excludes halogenated alkanes) is 1. The lowest BCUT2D eigenvalue weighted by Gasteiger charge is -2.15. The van der Waals surface area contributed by atoms with Gasteiger partial charge in [-0.1, -0.05) is 0 Å². The maximum Gasteiger partial charge on any atom is 0.242 e. The second kappa shape index (κ2) is 7.60. The standard InChI is InChI=1S/C14H20N2O6S2/c1-22-10-3-2-9-15-24(20,21)13-6-4-12(5-7-13)16-14(17)8-11-23(16,18)19/h4-7,15H,2-3,8-11H2,1H3. The summed E-state index contributed by atoms with van der Waals surface area (Å²) < 4.78 is 56.1. The Hall–Kier alpha value is -1.49. The molecule has 1 aliphatic heterocycles. The molecule has 1 saturated heterocycles. The van der Waals surface area contributed by atoms with Gasteiger partial charge in [-0.3, -0.25) is 4.79 Å². The monoisotopic (exact) mass is 376 g/mol. The van der Waals surface area contributed by atoms with Crippen molar-refractivity contribution in [2.75, 3.05) is 30.3 Å². The van der Waals surface area contributed by atoms with E-state index in [4.69, 9.17) is 4.74 Å². The lowest BCUT2D eigenvalue weighted by molar-refractivity contribution is -0.116. The van der Waals surface area contributed by atoms with Crippen molar-refractivity contribution in [2.45, 2.75) is 24.2 Å². The molecule has 0 atom stereocenters. The maximum atomic E-state index is 12.1. The van der Waals surface area contributed by atoms with Crippen LogP contribution in [-0.4, -0.2) is 48.8 Å². The van der Waals surface area contributed by atoms with E-state index in [1.54, 1.807) is 7.11 Å². The van der Waals surface area contributed by atoms with E-state index in [9.17, 15) is 21.6 Å². The molecule has 0 spiro atoms. The Morgan fingerprint density at radius 2 is 1.88 bits per heavy atom. The largest absolute Gasteiger partial charge is 0.385 e. The fourth-order valence-electron chi connectivity index (χ4n) is 2.29. The number of hydrogen-bond acceptors (Lipinski definition) is 6. The van der Waals surface area contributed by atoms with Crippen molar-refractivity contribution in [3.63, 3.8) is 0 Å². The third kappa shape index (κ3) is 4.32. The van der Waals surface area contributed by atoms with Crippen molar-refractivity contribution in [2.24, 2.45) is 0 Å². The van der Waals surface area contributed by atoms with Crippen molar-refractivity contribution in [3.05, 3.63) is 24.3 Å². The van der Waals surface area contributed by atoms with Gasteiger partial charge in [-0.15, -0.1) is 0 Å². The van der Waals surface area contributed by atoms with Crippen LogP contribution in [-0.2, 0) is 29.6 Å². The van der Waals surface area contributed by atoms with E-state index in [2.05, 4.69) is 4.72 Å². The zero-order chi connectivity index (χ0) is 17.8. The number of ether oxygens (including phenoxy) is 1. The molecule has 1 amide bonds. The Bertz CT molecular complexity index is 787. The summed E-state index contributed by atoms with van der Waals surface area (Å²) in [6.45, 7) is 0.848. The topological polar surface area (TPSA) is 110 Å². The van der Waals surface area contributed by atoms with Crippen LogP contribution in [0.3, 0.4) is 0 Å². The summed E-state index contributed by atoms with van der Waals surface area (Å²) in [6, 6.07) is 5.21. The lowest BCUT2D eigenvalue weighted by atomic mass is 10.3. The summed E-state index contributed by atoms with van der Waals surface area (Å²) in [5.41, 5.74) is 0.150. The first-order valence-electron chi connectivity index (χ1n) is 7.42. The molecule has 1 aliphatic rings. The van der Waals surface area contributed by atoms with E-state index in [0.29, 0.717) is 13.0 Å². The summed E-state index contributed by atoms with van der Waals surface area (Å²) in [6.07, 6.45) is 1.32. The zero-order valence-electron chi connectivity index (χ0n) is 13.3. The van der Waals surface area contributed by atoms with Gasteiger partial charge < -0.3 is 4.74 Å². The summed E-state index contributed by atoms with van der Waals surface area (Å²) in [5, 5.41) is 0. The normalized spacial score (nSPS) is 17.4. The van der Waals surface area contributed by atoms with E-state index < -0.39 is 26.0 Å². The highest BCUT2D eigenvalue weighted by Crippen LogP contribution is 2.26. The van der Waals surface area contributed by atoms with E-state index in [0.717, 1.165) is 10.7 Å². The molecule has 134 valence electrons. The van der Waals surface area contributed by atoms with Crippen molar-refractivity contribution < 1.29 is 26.4 Å². The molecule has 1 aromatic carbocycles. The lowest BCUT2D eigenvalue weighted by Crippen LogP contribution is -2.29. The average molecular weight is 376 g/mol. The van der Waals surface area contributed by atoms with E-state index in [-0.39, 0.29) is 29.3 Å². The second-order valence-electron chi connectivity index (χ2n) is 5.32. The molecule has 0 radical (unpaired) electrons. The molecule has 0 aromatic heterocycles. The molecule has 2 rings (SSSR count). The van der Waals surface area contributed by atoms with E-state index in [1.807, 2.05) is 0 Å². The minimum Gasteiger partial charge on any atom is -0.385 e. The molecule has 0 aliphatic carbocycles. The van der Waals surface area contributed by atoms with E-state index >= 15 is 0 Å². The second-order valence-corrected chi connectivity index (χ2v) is 9.02. The summed E-state index contributed by atoms with van der Waals surface area (Å²) >= 11 is 0. The number of hydrogen-bond donors (Lipinski definition) is 1. The predicted octanol–water partition coefficient (Wildman–Crippen LogP) is 0.458. The van der Waals surface area contributed by atoms with Crippen LogP contribution in [0.1, 0.15) is 19.3 Å². The van der Waals surface area contributed by atoms with Gasteiger partial charge in [0.25, 0.3) is 0 Å². The number of benzene rings is 1. The van der Waals surface area contributed by atoms with Crippen LogP contribution in [0.5, 0.6) is 0 Å². The molecule has 10 heteroatoms. The van der Waals surface area contributed by atoms with Crippen LogP contribution in [0.4, 0.5) is 5.69 Å². The highest BCUT2D eigenvalue weighted by molar-refractivity contribution is 7.94. The van der Waals surface area contributed by atoms with Gasteiger partial charge in [0.05, 0.1) is 16.3 Å². The Kier molecular flexibility index (Phi) is 5.97. The Morgan fingerprint density at radius 3 is 2.42 bits per heavy atom. The first-order valence-corrected chi connectivity index (χ1v) is 10.5. The number of carbonyl (C=O) groups is 1. The van der Waals surface area contributed by atoms with Gasteiger partial charge in [-0.05, 0) is 37.1 Å². The number of carbonyl (C=O) groups excluding carboxylic acids is 1. The molecule has 0 unspecified atom stereocenters. The van der Waals surface area contributed by atoms with Crippen LogP contribution < -0.4 is 9.03 Å². The Morgan fingerprint density at radius 1 is 1.21 bits per heavy atom.